The maximum atomic E-state index is 11.8. The van der Waals surface area contributed by atoms with E-state index in [0.717, 1.165) is 10.9 Å². The van der Waals surface area contributed by atoms with Crippen molar-refractivity contribution in [2.24, 2.45) is 0 Å². The van der Waals surface area contributed by atoms with Crippen LogP contribution in [0.2, 0.25) is 0 Å². The average Bonchev–Trinajstić information content (AvgIpc) is 2.87. The topological polar surface area (TPSA) is 134 Å². The molecule has 108 valence electrons. The molecule has 0 bridgehead atoms. The number of amides is 1. The third-order valence-corrected chi connectivity index (χ3v) is 2.55. The van der Waals surface area contributed by atoms with Crippen molar-refractivity contribution < 1.29 is 24.6 Å². The average molecular weight is 290 g/mol. The molecule has 0 saturated carbocycles. The van der Waals surface area contributed by atoms with Crippen molar-refractivity contribution in [3.05, 3.63) is 41.7 Å². The van der Waals surface area contributed by atoms with Crippen LogP contribution in [0.25, 0.3) is 0 Å². The number of nitrogens with one attached hydrogen (secondary N) is 1. The number of nitrogens with zero attached hydrogens (tertiary/aromatic N) is 3. The van der Waals surface area contributed by atoms with E-state index in [9.17, 15) is 14.4 Å². The van der Waals surface area contributed by atoms with Crippen LogP contribution in [0.5, 0.6) is 0 Å². The first-order valence-electron chi connectivity index (χ1n) is 5.72. The number of carboxylic acids is 2. The molecule has 0 aliphatic heterocycles. The molecule has 1 aromatic carbocycles. The second-order valence-electron chi connectivity index (χ2n) is 4.01. The zero-order chi connectivity index (χ0) is 15.4. The van der Waals surface area contributed by atoms with Gasteiger partial charge in [-0.1, -0.05) is 5.21 Å². The molecule has 0 radical (unpaired) electrons. The van der Waals surface area contributed by atoms with Gasteiger partial charge in [0, 0.05) is 5.69 Å². The minimum atomic E-state index is -1.24. The standard InChI is InChI=1S/C12H10N4O5/c17-10(6-16-9(12(20)21)5-13-15-16)14-8-3-1-7(2-4-8)11(18)19/h1-5H,6H2,(H,14,17)(H,18,19)(H,20,21). The second kappa shape index (κ2) is 5.82. The highest BCUT2D eigenvalue weighted by molar-refractivity contribution is 5.93. The van der Waals surface area contributed by atoms with Gasteiger partial charge in [-0.3, -0.25) is 4.79 Å². The Hall–Kier alpha value is -3.23. The zero-order valence-electron chi connectivity index (χ0n) is 10.6. The summed E-state index contributed by atoms with van der Waals surface area (Å²) in [4.78, 5) is 33.3. The highest BCUT2D eigenvalue weighted by Crippen LogP contribution is 2.09. The Kier molecular flexibility index (Phi) is 3.93. The molecule has 21 heavy (non-hydrogen) atoms. The summed E-state index contributed by atoms with van der Waals surface area (Å²) in [6, 6.07) is 5.55. The lowest BCUT2D eigenvalue weighted by molar-refractivity contribution is -0.116. The molecule has 2 rings (SSSR count). The molecule has 0 fully saturated rings. The molecule has 9 heteroatoms. The number of benzene rings is 1. The highest BCUT2D eigenvalue weighted by Gasteiger charge is 2.14. The molecule has 0 aliphatic carbocycles. The fourth-order valence-corrected chi connectivity index (χ4v) is 1.57. The van der Waals surface area contributed by atoms with Crippen molar-refractivity contribution in [3.63, 3.8) is 0 Å². The SMILES string of the molecule is O=C(Cn1nncc1C(=O)O)Nc1ccc(C(=O)O)cc1. The van der Waals surface area contributed by atoms with Crippen molar-refractivity contribution >= 4 is 23.5 Å². The Morgan fingerprint density at radius 2 is 1.76 bits per heavy atom. The van der Waals surface area contributed by atoms with E-state index >= 15 is 0 Å². The molecule has 0 unspecified atom stereocenters. The molecular formula is C12H10N4O5. The van der Waals surface area contributed by atoms with E-state index in [0.29, 0.717) is 5.69 Å². The summed E-state index contributed by atoms with van der Waals surface area (Å²) in [5.41, 5.74) is 0.283. The minimum absolute atomic E-state index is 0.0949. The van der Waals surface area contributed by atoms with Gasteiger partial charge < -0.3 is 15.5 Å². The summed E-state index contributed by atoms with van der Waals surface area (Å²) >= 11 is 0. The molecule has 9 nitrogen and oxygen atoms in total. The first kappa shape index (κ1) is 14.2. The van der Waals surface area contributed by atoms with Crippen LogP contribution in [0.1, 0.15) is 20.8 Å². The Balaban J connectivity index is 2.03. The number of anilines is 1. The van der Waals surface area contributed by atoms with Crippen LogP contribution in [0.15, 0.2) is 30.5 Å². The molecule has 0 aliphatic rings. The molecule has 1 heterocycles. The van der Waals surface area contributed by atoms with Gasteiger partial charge in [0.05, 0.1) is 11.8 Å². The lowest BCUT2D eigenvalue weighted by Crippen LogP contribution is -2.22. The third kappa shape index (κ3) is 3.41. The molecule has 1 amide bonds. The zero-order valence-corrected chi connectivity index (χ0v) is 10.6. The lowest BCUT2D eigenvalue weighted by Gasteiger charge is -2.06. The predicted octanol–water partition coefficient (Wildman–Crippen LogP) is 0.313. The van der Waals surface area contributed by atoms with Crippen molar-refractivity contribution in [1.82, 2.24) is 15.0 Å². The quantitative estimate of drug-likeness (QED) is 0.721. The number of carboxylic acid groups (broad SMARTS) is 2. The molecule has 0 spiro atoms. The van der Waals surface area contributed by atoms with Crippen molar-refractivity contribution in [2.45, 2.75) is 6.54 Å². The monoisotopic (exact) mass is 290 g/mol. The van der Waals surface area contributed by atoms with Crippen LogP contribution >= 0.6 is 0 Å². The molecule has 1 aromatic heterocycles. The fourth-order valence-electron chi connectivity index (χ4n) is 1.57. The Morgan fingerprint density at radius 1 is 1.10 bits per heavy atom. The van der Waals surface area contributed by atoms with Gasteiger partial charge in [0.15, 0.2) is 5.69 Å². The number of aromatic carboxylic acids is 2. The van der Waals surface area contributed by atoms with E-state index in [1.807, 2.05) is 0 Å². The van der Waals surface area contributed by atoms with E-state index in [4.69, 9.17) is 10.2 Å². The van der Waals surface area contributed by atoms with Gasteiger partial charge in [-0.05, 0) is 24.3 Å². The number of rotatable bonds is 5. The molecule has 2 aromatic rings. The second-order valence-corrected chi connectivity index (χ2v) is 4.01. The Labute approximate surface area is 117 Å². The van der Waals surface area contributed by atoms with Gasteiger partial charge in [-0.2, -0.15) is 0 Å². The van der Waals surface area contributed by atoms with Crippen LogP contribution < -0.4 is 5.32 Å². The summed E-state index contributed by atoms with van der Waals surface area (Å²) in [6.45, 7) is -0.317. The minimum Gasteiger partial charge on any atom is -0.478 e. The van der Waals surface area contributed by atoms with Crippen LogP contribution in [0.3, 0.4) is 0 Å². The van der Waals surface area contributed by atoms with Crippen LogP contribution in [-0.4, -0.2) is 43.1 Å². The third-order valence-electron chi connectivity index (χ3n) is 2.55. The number of aromatic nitrogens is 3. The molecular weight excluding hydrogens is 280 g/mol. The summed E-state index contributed by atoms with van der Waals surface area (Å²) in [5.74, 6) is -2.81. The fraction of sp³-hybridized carbons (Fsp3) is 0.0833. The maximum absolute atomic E-state index is 11.8. The number of hydrogen-bond acceptors (Lipinski definition) is 5. The summed E-state index contributed by atoms with van der Waals surface area (Å²) in [6.07, 6.45) is 1.04. The number of carbonyl (C=O) groups is 3. The van der Waals surface area contributed by atoms with E-state index in [2.05, 4.69) is 15.6 Å². The first-order chi connectivity index (χ1) is 9.97. The van der Waals surface area contributed by atoms with E-state index in [1.54, 1.807) is 0 Å². The van der Waals surface area contributed by atoms with E-state index in [1.165, 1.54) is 24.3 Å². The molecule has 3 N–H and O–H groups in total. The predicted molar refractivity (Wildman–Crippen MR) is 69.0 cm³/mol. The van der Waals surface area contributed by atoms with Crippen molar-refractivity contribution in [3.8, 4) is 0 Å². The first-order valence-corrected chi connectivity index (χ1v) is 5.72. The van der Waals surface area contributed by atoms with Crippen LogP contribution in [0.4, 0.5) is 5.69 Å². The van der Waals surface area contributed by atoms with E-state index in [-0.39, 0.29) is 17.8 Å². The molecule has 0 saturated heterocycles. The number of carbonyl (C=O) groups excluding carboxylic acids is 1. The summed E-state index contributed by atoms with van der Waals surface area (Å²) in [7, 11) is 0. The van der Waals surface area contributed by atoms with E-state index < -0.39 is 17.8 Å². The normalized spacial score (nSPS) is 10.1. The van der Waals surface area contributed by atoms with Gasteiger partial charge >= 0.3 is 11.9 Å². The van der Waals surface area contributed by atoms with Crippen molar-refractivity contribution in [2.75, 3.05) is 5.32 Å². The largest absolute Gasteiger partial charge is 0.478 e. The summed E-state index contributed by atoms with van der Waals surface area (Å²) < 4.78 is 0.948. The van der Waals surface area contributed by atoms with Crippen LogP contribution in [-0.2, 0) is 11.3 Å². The Bertz CT molecular complexity index is 692. The van der Waals surface area contributed by atoms with Gasteiger partial charge in [-0.25, -0.2) is 14.3 Å². The van der Waals surface area contributed by atoms with Gasteiger partial charge in [0.25, 0.3) is 0 Å². The number of hydrogen-bond donors (Lipinski definition) is 3. The van der Waals surface area contributed by atoms with Gasteiger partial charge in [-0.15, -0.1) is 5.10 Å². The lowest BCUT2D eigenvalue weighted by atomic mass is 10.2. The summed E-state index contributed by atoms with van der Waals surface area (Å²) in [5, 5.41) is 27.0. The smallest absolute Gasteiger partial charge is 0.355 e. The Morgan fingerprint density at radius 3 is 2.33 bits per heavy atom. The highest BCUT2D eigenvalue weighted by atomic mass is 16.4. The van der Waals surface area contributed by atoms with Crippen LogP contribution in [0, 0.1) is 0 Å². The molecule has 0 atom stereocenters. The van der Waals surface area contributed by atoms with Gasteiger partial charge in [0.2, 0.25) is 5.91 Å². The van der Waals surface area contributed by atoms with Crippen molar-refractivity contribution in [1.29, 1.82) is 0 Å². The van der Waals surface area contributed by atoms with Gasteiger partial charge in [0.1, 0.15) is 6.54 Å². The maximum Gasteiger partial charge on any atom is 0.355 e.